The fraction of sp³-hybridized carbons (Fsp3) is 0.533. The van der Waals surface area contributed by atoms with Gasteiger partial charge in [-0.1, -0.05) is 37.3 Å². The van der Waals surface area contributed by atoms with Crippen molar-refractivity contribution in [1.29, 1.82) is 0 Å². The number of aromatic nitrogens is 1. The molecular formula is C15H21N3O2S2. The van der Waals surface area contributed by atoms with Gasteiger partial charge in [0.2, 0.25) is 10.0 Å². The molecule has 1 aliphatic rings. The minimum atomic E-state index is -3.08. The Morgan fingerprint density at radius 1 is 1.18 bits per heavy atom. The number of nitrogens with zero attached hydrogens (tertiary/aromatic N) is 3. The van der Waals surface area contributed by atoms with Gasteiger partial charge < -0.3 is 4.90 Å². The van der Waals surface area contributed by atoms with E-state index in [1.165, 1.54) is 20.8 Å². The molecule has 1 aliphatic heterocycles. The maximum atomic E-state index is 11.6. The second-order valence-corrected chi connectivity index (χ2v) is 8.99. The molecule has 22 heavy (non-hydrogen) atoms. The van der Waals surface area contributed by atoms with Crippen LogP contribution in [0.15, 0.2) is 18.2 Å². The van der Waals surface area contributed by atoms with Crippen LogP contribution in [0.25, 0.3) is 10.2 Å². The van der Waals surface area contributed by atoms with E-state index in [1.807, 2.05) is 0 Å². The molecule has 1 saturated heterocycles. The second kappa shape index (κ2) is 5.79. The minimum Gasteiger partial charge on any atom is -0.345 e. The van der Waals surface area contributed by atoms with E-state index in [9.17, 15) is 8.42 Å². The minimum absolute atomic E-state index is 0.445. The highest BCUT2D eigenvalue weighted by Gasteiger charge is 2.25. The maximum absolute atomic E-state index is 11.6. The van der Waals surface area contributed by atoms with Crippen molar-refractivity contribution in [2.75, 3.05) is 37.3 Å². The van der Waals surface area contributed by atoms with E-state index in [0.29, 0.717) is 32.1 Å². The fourth-order valence-electron chi connectivity index (χ4n) is 2.77. The van der Waals surface area contributed by atoms with Crippen LogP contribution in [0.3, 0.4) is 0 Å². The van der Waals surface area contributed by atoms with Gasteiger partial charge in [0.1, 0.15) is 0 Å². The van der Waals surface area contributed by atoms with Crippen LogP contribution in [0.1, 0.15) is 25.3 Å². The van der Waals surface area contributed by atoms with Crippen molar-refractivity contribution in [2.45, 2.75) is 19.8 Å². The van der Waals surface area contributed by atoms with Crippen LogP contribution in [-0.4, -0.2) is 50.1 Å². The van der Waals surface area contributed by atoms with Gasteiger partial charge in [0, 0.05) is 26.2 Å². The Bertz CT molecular complexity index is 775. The zero-order chi connectivity index (χ0) is 15.9. The lowest BCUT2D eigenvalue weighted by Gasteiger charge is -2.32. The van der Waals surface area contributed by atoms with Crippen LogP contribution in [0.4, 0.5) is 5.13 Å². The quantitative estimate of drug-likeness (QED) is 0.862. The van der Waals surface area contributed by atoms with Gasteiger partial charge in [-0.05, 0) is 17.5 Å². The van der Waals surface area contributed by atoms with Gasteiger partial charge in [-0.3, -0.25) is 0 Å². The van der Waals surface area contributed by atoms with Crippen molar-refractivity contribution >= 4 is 36.7 Å². The number of hydrogen-bond donors (Lipinski definition) is 0. The van der Waals surface area contributed by atoms with E-state index in [-0.39, 0.29) is 0 Å². The molecule has 1 fully saturated rings. The predicted octanol–water partition coefficient (Wildman–Crippen LogP) is 2.50. The van der Waals surface area contributed by atoms with E-state index in [1.54, 1.807) is 11.3 Å². The van der Waals surface area contributed by atoms with E-state index in [0.717, 1.165) is 10.6 Å². The number of rotatable bonds is 3. The summed E-state index contributed by atoms with van der Waals surface area (Å²) in [6, 6.07) is 6.33. The first-order valence-corrected chi connectivity index (χ1v) is 10.1. The number of fused-ring (bicyclic) bond motifs is 1. The third kappa shape index (κ3) is 2.98. The van der Waals surface area contributed by atoms with Crippen molar-refractivity contribution in [1.82, 2.24) is 9.29 Å². The van der Waals surface area contributed by atoms with E-state index in [4.69, 9.17) is 4.98 Å². The average molecular weight is 339 g/mol. The number of hydrogen-bond acceptors (Lipinski definition) is 5. The third-order valence-electron chi connectivity index (χ3n) is 4.04. The van der Waals surface area contributed by atoms with Crippen molar-refractivity contribution < 1.29 is 8.42 Å². The fourth-order valence-corrected chi connectivity index (χ4v) is 4.65. The number of anilines is 1. The molecule has 2 aromatic rings. The first kappa shape index (κ1) is 15.7. The Kier molecular flexibility index (Phi) is 4.13. The predicted molar refractivity (Wildman–Crippen MR) is 92.3 cm³/mol. The Labute approximate surface area is 135 Å². The molecule has 0 radical (unpaired) electrons. The average Bonchev–Trinajstić information content (AvgIpc) is 2.90. The monoisotopic (exact) mass is 339 g/mol. The van der Waals surface area contributed by atoms with Crippen LogP contribution < -0.4 is 4.90 Å². The topological polar surface area (TPSA) is 53.5 Å². The largest absolute Gasteiger partial charge is 0.345 e. The van der Waals surface area contributed by atoms with E-state index >= 15 is 0 Å². The SMILES string of the molecule is CC(C)c1cccc2sc(N3CCN(S(C)(=O)=O)CC3)nc12. The van der Waals surface area contributed by atoms with Gasteiger partial charge in [0.05, 0.1) is 16.5 Å². The molecule has 0 atom stereocenters. The van der Waals surface area contributed by atoms with Crippen LogP contribution in [0.5, 0.6) is 0 Å². The van der Waals surface area contributed by atoms with Crippen molar-refractivity contribution in [3.05, 3.63) is 23.8 Å². The Morgan fingerprint density at radius 3 is 2.45 bits per heavy atom. The van der Waals surface area contributed by atoms with Crippen molar-refractivity contribution in [3.63, 3.8) is 0 Å². The molecule has 7 heteroatoms. The Morgan fingerprint density at radius 2 is 1.86 bits per heavy atom. The molecule has 0 bridgehead atoms. The molecule has 5 nitrogen and oxygen atoms in total. The molecule has 0 unspecified atom stereocenters. The van der Waals surface area contributed by atoms with Gasteiger partial charge in [0.15, 0.2) is 5.13 Å². The van der Waals surface area contributed by atoms with Gasteiger partial charge in [0.25, 0.3) is 0 Å². The number of thiazole rings is 1. The van der Waals surface area contributed by atoms with Gasteiger partial charge in [-0.2, -0.15) is 4.31 Å². The summed E-state index contributed by atoms with van der Waals surface area (Å²) in [5.41, 5.74) is 2.36. The van der Waals surface area contributed by atoms with Crippen LogP contribution in [-0.2, 0) is 10.0 Å². The highest BCUT2D eigenvalue weighted by Crippen LogP contribution is 2.33. The molecule has 0 saturated carbocycles. The van der Waals surface area contributed by atoms with E-state index in [2.05, 4.69) is 36.9 Å². The van der Waals surface area contributed by atoms with Gasteiger partial charge in [-0.15, -0.1) is 0 Å². The lowest BCUT2D eigenvalue weighted by atomic mass is 10.0. The Hall–Kier alpha value is -1.18. The van der Waals surface area contributed by atoms with Gasteiger partial charge >= 0.3 is 0 Å². The van der Waals surface area contributed by atoms with Crippen molar-refractivity contribution in [2.24, 2.45) is 0 Å². The third-order valence-corrected chi connectivity index (χ3v) is 6.42. The summed E-state index contributed by atoms with van der Waals surface area (Å²) in [5.74, 6) is 0.445. The molecule has 120 valence electrons. The zero-order valence-electron chi connectivity index (χ0n) is 13.1. The van der Waals surface area contributed by atoms with E-state index < -0.39 is 10.0 Å². The summed E-state index contributed by atoms with van der Waals surface area (Å²) < 4.78 is 25.9. The summed E-state index contributed by atoms with van der Waals surface area (Å²) >= 11 is 1.69. The lowest BCUT2D eigenvalue weighted by Crippen LogP contribution is -2.48. The standard InChI is InChI=1S/C15H21N3O2S2/c1-11(2)12-5-4-6-13-14(12)16-15(21-13)17-7-9-18(10-8-17)22(3,19)20/h4-6,11H,7-10H2,1-3H3. The molecule has 1 aromatic heterocycles. The maximum Gasteiger partial charge on any atom is 0.211 e. The Balaban J connectivity index is 1.85. The number of piperazine rings is 1. The number of para-hydroxylation sites is 1. The molecule has 1 aromatic carbocycles. The highest BCUT2D eigenvalue weighted by molar-refractivity contribution is 7.88. The number of benzene rings is 1. The molecule has 0 amide bonds. The van der Waals surface area contributed by atoms with Gasteiger partial charge in [-0.25, -0.2) is 13.4 Å². The number of sulfonamides is 1. The lowest BCUT2D eigenvalue weighted by molar-refractivity contribution is 0.388. The molecule has 0 spiro atoms. The summed E-state index contributed by atoms with van der Waals surface area (Å²) in [6.45, 7) is 6.82. The smallest absolute Gasteiger partial charge is 0.211 e. The first-order valence-electron chi connectivity index (χ1n) is 7.46. The summed E-state index contributed by atoms with van der Waals surface area (Å²) in [7, 11) is -3.08. The zero-order valence-corrected chi connectivity index (χ0v) is 14.7. The molecular weight excluding hydrogens is 318 g/mol. The first-order chi connectivity index (χ1) is 10.4. The summed E-state index contributed by atoms with van der Waals surface area (Å²) in [6.07, 6.45) is 1.27. The van der Waals surface area contributed by atoms with Crippen LogP contribution in [0, 0.1) is 0 Å². The molecule has 2 heterocycles. The highest BCUT2D eigenvalue weighted by atomic mass is 32.2. The second-order valence-electron chi connectivity index (χ2n) is 5.99. The molecule has 0 N–H and O–H groups in total. The summed E-state index contributed by atoms with van der Waals surface area (Å²) in [5, 5.41) is 0.997. The molecule has 3 rings (SSSR count). The molecule has 0 aliphatic carbocycles. The van der Waals surface area contributed by atoms with Crippen LogP contribution >= 0.6 is 11.3 Å². The summed E-state index contributed by atoms with van der Waals surface area (Å²) in [4.78, 5) is 7.01. The normalized spacial score (nSPS) is 17.5. The van der Waals surface area contributed by atoms with Crippen molar-refractivity contribution in [3.8, 4) is 0 Å². The van der Waals surface area contributed by atoms with Crippen LogP contribution in [0.2, 0.25) is 0 Å².